The minimum absolute atomic E-state index is 0.0313. The molecule has 0 atom stereocenters. The Bertz CT molecular complexity index is 1060. The molecular formula is C16H12ClN5O4. The molecule has 0 saturated heterocycles. The highest BCUT2D eigenvalue weighted by molar-refractivity contribution is 6.30. The maximum absolute atomic E-state index is 12.2. The van der Waals surface area contributed by atoms with E-state index in [0.717, 1.165) is 0 Å². The summed E-state index contributed by atoms with van der Waals surface area (Å²) in [7, 11) is 0. The van der Waals surface area contributed by atoms with Gasteiger partial charge in [0.2, 0.25) is 0 Å². The number of rotatable bonds is 3. The Hall–Kier alpha value is -3.20. The lowest BCUT2D eigenvalue weighted by molar-refractivity contribution is 0.0518. The summed E-state index contributed by atoms with van der Waals surface area (Å²) in [6, 6.07) is 5.08. The summed E-state index contributed by atoms with van der Waals surface area (Å²) < 4.78 is 8.16. The van der Waals surface area contributed by atoms with Crippen molar-refractivity contribution in [3.05, 3.63) is 52.3 Å². The average Bonchev–Trinajstić information content (AvgIpc) is 3.17. The van der Waals surface area contributed by atoms with Crippen LogP contribution in [0.2, 0.25) is 5.02 Å². The number of halogens is 1. The standard InChI is InChI=1S/C16H12ClN5O4/c1-2-26-16(25)14-12-6-11-13(15(23)24)18-7-21(11)9-4-3-8(17)5-10(9)22(12)20-19-14/h3-5,7H,2,6H2,1H3,(H,23,24). The number of carbonyl (C=O) groups is 2. The predicted molar refractivity (Wildman–Crippen MR) is 89.2 cm³/mol. The molecule has 1 aliphatic rings. The monoisotopic (exact) mass is 373 g/mol. The number of hydrogen-bond acceptors (Lipinski definition) is 6. The second-order valence-corrected chi connectivity index (χ2v) is 5.98. The van der Waals surface area contributed by atoms with Gasteiger partial charge in [-0.3, -0.25) is 4.57 Å². The Morgan fingerprint density at radius 1 is 1.27 bits per heavy atom. The number of nitrogens with zero attached hydrogens (tertiary/aromatic N) is 5. The molecule has 3 heterocycles. The summed E-state index contributed by atoms with van der Waals surface area (Å²) in [4.78, 5) is 27.8. The van der Waals surface area contributed by atoms with Crippen LogP contribution < -0.4 is 0 Å². The fourth-order valence-electron chi connectivity index (χ4n) is 2.97. The number of carboxylic acid groups (broad SMARTS) is 1. The van der Waals surface area contributed by atoms with E-state index in [0.29, 0.717) is 27.8 Å². The molecule has 26 heavy (non-hydrogen) atoms. The van der Waals surface area contributed by atoms with Crippen molar-refractivity contribution >= 4 is 23.5 Å². The maximum atomic E-state index is 12.2. The van der Waals surface area contributed by atoms with Crippen molar-refractivity contribution in [2.24, 2.45) is 0 Å². The van der Waals surface area contributed by atoms with Crippen LogP contribution in [0.15, 0.2) is 24.5 Å². The fourth-order valence-corrected chi connectivity index (χ4v) is 3.14. The molecule has 2 aromatic heterocycles. The number of hydrogen-bond donors (Lipinski definition) is 1. The third-order valence-electron chi connectivity index (χ3n) is 4.06. The molecule has 0 spiro atoms. The van der Waals surface area contributed by atoms with Gasteiger partial charge >= 0.3 is 11.9 Å². The van der Waals surface area contributed by atoms with Crippen LogP contribution in [-0.4, -0.2) is 48.2 Å². The third-order valence-corrected chi connectivity index (χ3v) is 4.30. The van der Waals surface area contributed by atoms with Crippen LogP contribution in [-0.2, 0) is 11.2 Å². The van der Waals surface area contributed by atoms with Gasteiger partial charge in [-0.15, -0.1) is 5.10 Å². The molecule has 0 unspecified atom stereocenters. The van der Waals surface area contributed by atoms with Gasteiger partial charge in [0.15, 0.2) is 11.4 Å². The molecule has 4 rings (SSSR count). The highest BCUT2D eigenvalue weighted by Gasteiger charge is 2.30. The van der Waals surface area contributed by atoms with E-state index in [1.807, 2.05) is 0 Å². The molecule has 10 heteroatoms. The number of aromatic nitrogens is 5. The van der Waals surface area contributed by atoms with E-state index in [-0.39, 0.29) is 24.4 Å². The van der Waals surface area contributed by atoms with Crippen molar-refractivity contribution < 1.29 is 19.4 Å². The zero-order valence-corrected chi connectivity index (χ0v) is 14.3. The SMILES string of the molecule is CCOC(=O)c1nnn2c1Cc1c(C(=O)O)ncn1-c1ccc(Cl)cc1-2. The lowest BCUT2D eigenvalue weighted by Gasteiger charge is -2.09. The van der Waals surface area contributed by atoms with Crippen LogP contribution in [0.3, 0.4) is 0 Å². The van der Waals surface area contributed by atoms with Gasteiger partial charge in [-0.05, 0) is 25.1 Å². The van der Waals surface area contributed by atoms with E-state index in [1.165, 1.54) is 11.0 Å². The molecular weight excluding hydrogens is 362 g/mol. The third kappa shape index (κ3) is 2.36. The number of carboxylic acids is 1. The molecule has 0 fully saturated rings. The fraction of sp³-hybridized carbons (Fsp3) is 0.188. The van der Waals surface area contributed by atoms with Crippen molar-refractivity contribution in [3.63, 3.8) is 0 Å². The lowest BCUT2D eigenvalue weighted by Crippen LogP contribution is -2.11. The van der Waals surface area contributed by atoms with E-state index in [2.05, 4.69) is 15.3 Å². The van der Waals surface area contributed by atoms with E-state index in [4.69, 9.17) is 16.3 Å². The van der Waals surface area contributed by atoms with Crippen molar-refractivity contribution in [3.8, 4) is 11.4 Å². The number of fused-ring (bicyclic) bond motifs is 5. The van der Waals surface area contributed by atoms with E-state index >= 15 is 0 Å². The highest BCUT2D eigenvalue weighted by atomic mass is 35.5. The summed E-state index contributed by atoms with van der Waals surface area (Å²) in [5, 5.41) is 17.9. The van der Waals surface area contributed by atoms with Crippen molar-refractivity contribution in [1.82, 2.24) is 24.5 Å². The first kappa shape index (κ1) is 16.3. The normalized spacial score (nSPS) is 11.9. The van der Waals surface area contributed by atoms with Gasteiger partial charge in [0.05, 0.1) is 29.4 Å². The van der Waals surface area contributed by atoms with Gasteiger partial charge in [-0.2, -0.15) is 0 Å². The average molecular weight is 374 g/mol. The molecule has 3 aromatic rings. The van der Waals surface area contributed by atoms with Gasteiger partial charge in [0.25, 0.3) is 0 Å². The van der Waals surface area contributed by atoms with E-state index < -0.39 is 11.9 Å². The Kier molecular flexibility index (Phi) is 3.73. The summed E-state index contributed by atoms with van der Waals surface area (Å²) in [6.07, 6.45) is 1.52. The molecule has 0 aliphatic carbocycles. The first-order valence-corrected chi connectivity index (χ1v) is 8.10. The number of aromatic carboxylic acids is 1. The molecule has 0 radical (unpaired) electrons. The van der Waals surface area contributed by atoms with Crippen LogP contribution in [0.1, 0.15) is 39.3 Å². The van der Waals surface area contributed by atoms with E-state index in [1.54, 1.807) is 29.7 Å². The van der Waals surface area contributed by atoms with Crippen molar-refractivity contribution in [2.75, 3.05) is 6.61 Å². The zero-order valence-electron chi connectivity index (χ0n) is 13.5. The minimum Gasteiger partial charge on any atom is -0.476 e. The van der Waals surface area contributed by atoms with Gasteiger partial charge in [-0.1, -0.05) is 16.8 Å². The molecule has 1 N–H and O–H groups in total. The molecule has 0 saturated carbocycles. The summed E-state index contributed by atoms with van der Waals surface area (Å²) in [5.74, 6) is -1.78. The number of ether oxygens (including phenoxy) is 1. The van der Waals surface area contributed by atoms with Crippen LogP contribution in [0, 0.1) is 0 Å². The van der Waals surface area contributed by atoms with Gasteiger partial charge in [0.1, 0.15) is 6.33 Å². The van der Waals surface area contributed by atoms with Crippen LogP contribution in [0.25, 0.3) is 11.4 Å². The Morgan fingerprint density at radius 2 is 2.08 bits per heavy atom. The maximum Gasteiger partial charge on any atom is 0.360 e. The Labute approximate surface area is 151 Å². The smallest absolute Gasteiger partial charge is 0.360 e. The van der Waals surface area contributed by atoms with Gasteiger partial charge < -0.3 is 9.84 Å². The second kappa shape index (κ2) is 5.95. The quantitative estimate of drug-likeness (QED) is 0.545. The topological polar surface area (TPSA) is 112 Å². The molecule has 132 valence electrons. The largest absolute Gasteiger partial charge is 0.476 e. The molecule has 0 bridgehead atoms. The number of imidazole rings is 1. The number of esters is 1. The van der Waals surface area contributed by atoms with Crippen molar-refractivity contribution in [2.45, 2.75) is 13.3 Å². The van der Waals surface area contributed by atoms with Gasteiger partial charge in [-0.25, -0.2) is 19.3 Å². The van der Waals surface area contributed by atoms with Crippen LogP contribution in [0.5, 0.6) is 0 Å². The molecule has 0 amide bonds. The first-order chi connectivity index (χ1) is 12.5. The van der Waals surface area contributed by atoms with Crippen LogP contribution in [0.4, 0.5) is 0 Å². The summed E-state index contributed by atoms with van der Waals surface area (Å²) in [6.45, 7) is 1.87. The minimum atomic E-state index is -1.16. The highest BCUT2D eigenvalue weighted by Crippen LogP contribution is 2.31. The van der Waals surface area contributed by atoms with Gasteiger partial charge in [0, 0.05) is 11.4 Å². The summed E-state index contributed by atoms with van der Waals surface area (Å²) >= 11 is 6.13. The lowest BCUT2D eigenvalue weighted by atomic mass is 10.1. The Balaban J connectivity index is 2.02. The Morgan fingerprint density at radius 3 is 2.81 bits per heavy atom. The molecule has 1 aromatic carbocycles. The van der Waals surface area contributed by atoms with Crippen molar-refractivity contribution in [1.29, 1.82) is 0 Å². The second-order valence-electron chi connectivity index (χ2n) is 5.54. The predicted octanol–water partition coefficient (Wildman–Crippen LogP) is 1.89. The molecule has 1 aliphatic heterocycles. The summed E-state index contributed by atoms with van der Waals surface area (Å²) in [5.41, 5.74) is 1.94. The zero-order chi connectivity index (χ0) is 18.4. The first-order valence-electron chi connectivity index (χ1n) is 7.72. The molecule has 9 nitrogen and oxygen atoms in total. The van der Waals surface area contributed by atoms with E-state index in [9.17, 15) is 14.7 Å². The van der Waals surface area contributed by atoms with Crippen LogP contribution >= 0.6 is 11.6 Å². The number of benzene rings is 1. The number of carbonyl (C=O) groups excluding carboxylic acids is 1.